The van der Waals surface area contributed by atoms with Crippen molar-refractivity contribution in [1.82, 2.24) is 4.98 Å². The molecule has 21 heavy (non-hydrogen) atoms. The SMILES string of the molecule is [O]=[AlH].c1ccc(P(c2ccccc2)c2ccccn2)cc1. The molecule has 3 rings (SSSR count). The molecule has 0 bridgehead atoms. The van der Waals surface area contributed by atoms with Crippen LogP contribution in [0, 0.1) is 0 Å². The molecular weight excluding hydrogens is 292 g/mol. The summed E-state index contributed by atoms with van der Waals surface area (Å²) in [6, 6.07) is 27.4. The smallest absolute Gasteiger partial charge is 0.0720 e. The molecule has 2 aromatic carbocycles. The van der Waals surface area contributed by atoms with Gasteiger partial charge in [0.25, 0.3) is 0 Å². The van der Waals surface area contributed by atoms with Crippen LogP contribution in [-0.2, 0) is 3.80 Å². The summed E-state index contributed by atoms with van der Waals surface area (Å²) < 4.78 is 8.28. The molecule has 0 aliphatic rings. The number of aromatic nitrogens is 1. The average Bonchev–Trinajstić information content (AvgIpc) is 2.60. The Bertz CT molecular complexity index is 556. The predicted molar refractivity (Wildman–Crippen MR) is 90.8 cm³/mol. The molecule has 4 heteroatoms. The van der Waals surface area contributed by atoms with Crippen molar-refractivity contribution in [3.8, 4) is 0 Å². The maximum atomic E-state index is 8.28. The molecule has 0 atom stereocenters. The Morgan fingerprint density at radius 3 is 1.57 bits per heavy atom. The summed E-state index contributed by atoms with van der Waals surface area (Å²) in [6.07, 6.45) is 1.87. The molecule has 0 amide bonds. The molecule has 1 aromatic heterocycles. The Balaban J connectivity index is 0.000000774. The fraction of sp³-hybridized carbons (Fsp3) is 0. The van der Waals surface area contributed by atoms with Crippen molar-refractivity contribution in [2.45, 2.75) is 0 Å². The van der Waals surface area contributed by atoms with Crippen LogP contribution < -0.4 is 16.0 Å². The van der Waals surface area contributed by atoms with Crippen LogP contribution in [0.4, 0.5) is 0 Å². The molecule has 3 aromatic rings. The van der Waals surface area contributed by atoms with E-state index < -0.39 is 7.92 Å². The van der Waals surface area contributed by atoms with E-state index in [1.54, 1.807) is 0 Å². The molecule has 0 saturated heterocycles. The number of hydrogen-bond donors (Lipinski definition) is 0. The standard InChI is InChI=1S/C17H14NP.Al.O.H/c1-3-9-15(10-4-1)19(16-11-5-2-6-12-16)17-13-7-8-14-18-17;;;/h1-14H;;;. The Morgan fingerprint density at radius 2 is 1.14 bits per heavy atom. The number of rotatable bonds is 3. The maximum Gasteiger partial charge on any atom is 0.0720 e. The van der Waals surface area contributed by atoms with E-state index in [1.807, 2.05) is 12.3 Å². The average molecular weight is 307 g/mol. The third-order valence-corrected chi connectivity index (χ3v) is 5.26. The zero-order chi connectivity index (χ0) is 14.9. The summed E-state index contributed by atoms with van der Waals surface area (Å²) in [6.45, 7) is 0. The fourth-order valence-corrected chi connectivity index (χ4v) is 4.24. The van der Waals surface area contributed by atoms with Crippen molar-refractivity contribution < 1.29 is 3.80 Å². The van der Waals surface area contributed by atoms with Crippen molar-refractivity contribution in [2.24, 2.45) is 0 Å². The van der Waals surface area contributed by atoms with Gasteiger partial charge in [0.15, 0.2) is 0 Å². The van der Waals surface area contributed by atoms with Gasteiger partial charge in [-0.1, -0.05) is 66.7 Å². The van der Waals surface area contributed by atoms with Crippen LogP contribution in [0.15, 0.2) is 85.1 Å². The number of nitrogens with zero attached hydrogens (tertiary/aromatic N) is 1. The van der Waals surface area contributed by atoms with Gasteiger partial charge in [0, 0.05) is 14.1 Å². The van der Waals surface area contributed by atoms with Gasteiger partial charge in [-0.05, 0) is 22.7 Å². The minimum atomic E-state index is -0.557. The molecular formula is C17H15AlNOP. The van der Waals surface area contributed by atoms with Gasteiger partial charge in [0.1, 0.15) is 0 Å². The van der Waals surface area contributed by atoms with Crippen LogP contribution in [0.3, 0.4) is 0 Å². The zero-order valence-corrected chi connectivity index (χ0v) is 13.9. The summed E-state index contributed by atoms with van der Waals surface area (Å²) >= 11 is 0.611. The fourth-order valence-electron chi connectivity index (χ4n) is 2.05. The van der Waals surface area contributed by atoms with Crippen molar-refractivity contribution in [3.63, 3.8) is 0 Å². The number of pyridine rings is 1. The minimum absolute atomic E-state index is 0.557. The molecule has 0 aliphatic carbocycles. The predicted octanol–water partition coefficient (Wildman–Crippen LogP) is 2.07. The molecule has 0 aliphatic heterocycles. The summed E-state index contributed by atoms with van der Waals surface area (Å²) in [7, 11) is -0.557. The van der Waals surface area contributed by atoms with Crippen LogP contribution >= 0.6 is 7.92 Å². The first-order valence-electron chi connectivity index (χ1n) is 6.55. The Kier molecular flexibility index (Phi) is 6.44. The van der Waals surface area contributed by atoms with Gasteiger partial charge in [-0.3, -0.25) is 4.98 Å². The van der Waals surface area contributed by atoms with E-state index >= 15 is 0 Å². The van der Waals surface area contributed by atoms with Gasteiger partial charge in [-0.2, -0.15) is 0 Å². The second-order valence-electron chi connectivity index (χ2n) is 4.19. The second kappa shape index (κ2) is 8.60. The molecule has 0 spiro atoms. The van der Waals surface area contributed by atoms with E-state index in [0.717, 1.165) is 5.44 Å². The third kappa shape index (κ3) is 4.16. The van der Waals surface area contributed by atoms with Gasteiger partial charge in [-0.15, -0.1) is 0 Å². The van der Waals surface area contributed by atoms with Gasteiger partial charge >= 0.3 is 20.0 Å². The number of benzene rings is 2. The van der Waals surface area contributed by atoms with E-state index in [2.05, 4.69) is 77.8 Å². The summed E-state index contributed by atoms with van der Waals surface area (Å²) in [5.74, 6) is 0. The van der Waals surface area contributed by atoms with Gasteiger partial charge in [0.05, 0.1) is 5.44 Å². The van der Waals surface area contributed by atoms with Gasteiger partial charge in [0.2, 0.25) is 0 Å². The summed E-state index contributed by atoms with van der Waals surface area (Å²) in [5, 5.41) is 2.67. The van der Waals surface area contributed by atoms with Crippen LogP contribution in [0.1, 0.15) is 0 Å². The Hall–Kier alpha value is -1.65. The first kappa shape index (κ1) is 15.7. The van der Waals surface area contributed by atoms with Crippen LogP contribution in [0.25, 0.3) is 0 Å². The molecule has 2 nitrogen and oxygen atoms in total. The summed E-state index contributed by atoms with van der Waals surface area (Å²) in [5.41, 5.74) is 1.15. The van der Waals surface area contributed by atoms with Crippen molar-refractivity contribution in [1.29, 1.82) is 0 Å². The normalized spacial score (nSPS) is 9.71. The van der Waals surface area contributed by atoms with E-state index in [-0.39, 0.29) is 0 Å². The molecule has 0 saturated carbocycles. The quantitative estimate of drug-likeness (QED) is 0.548. The largest absolute Gasteiger partial charge is 0.256 e. The second-order valence-corrected chi connectivity index (χ2v) is 6.36. The maximum absolute atomic E-state index is 8.28. The van der Waals surface area contributed by atoms with Crippen LogP contribution in [0.5, 0.6) is 0 Å². The molecule has 102 valence electrons. The molecule has 0 radical (unpaired) electrons. The molecule has 0 fully saturated rings. The third-order valence-electron chi connectivity index (χ3n) is 2.91. The van der Waals surface area contributed by atoms with E-state index in [9.17, 15) is 0 Å². The van der Waals surface area contributed by atoms with E-state index in [0.29, 0.717) is 16.2 Å². The first-order valence-corrected chi connectivity index (χ1v) is 8.47. The Labute approximate surface area is 134 Å². The molecule has 1 heterocycles. The van der Waals surface area contributed by atoms with Crippen molar-refractivity contribution in [2.75, 3.05) is 0 Å². The van der Waals surface area contributed by atoms with Crippen molar-refractivity contribution in [3.05, 3.63) is 85.1 Å². The van der Waals surface area contributed by atoms with Gasteiger partial charge < -0.3 is 0 Å². The van der Waals surface area contributed by atoms with Crippen molar-refractivity contribution >= 4 is 40.2 Å². The zero-order valence-electron chi connectivity index (χ0n) is 11.6. The van der Waals surface area contributed by atoms with E-state index in [4.69, 9.17) is 3.80 Å². The number of hydrogen-bond acceptors (Lipinski definition) is 2. The van der Waals surface area contributed by atoms with Crippen LogP contribution in [-0.4, -0.2) is 21.2 Å². The molecule has 0 unspecified atom stereocenters. The topological polar surface area (TPSA) is 30.0 Å². The molecule has 0 N–H and O–H groups in total. The first-order chi connectivity index (χ1) is 10.4. The van der Waals surface area contributed by atoms with Gasteiger partial charge in [-0.25, -0.2) is 0 Å². The van der Waals surface area contributed by atoms with E-state index in [1.165, 1.54) is 10.6 Å². The van der Waals surface area contributed by atoms with Crippen LogP contribution in [0.2, 0.25) is 0 Å². The summed E-state index contributed by atoms with van der Waals surface area (Å²) in [4.78, 5) is 4.56. The monoisotopic (exact) mass is 307 g/mol. The minimum Gasteiger partial charge on any atom is -0.256 e. The Morgan fingerprint density at radius 1 is 0.667 bits per heavy atom.